The summed E-state index contributed by atoms with van der Waals surface area (Å²) in [5.41, 5.74) is 2.37. The van der Waals surface area contributed by atoms with Gasteiger partial charge in [0.25, 0.3) is 0 Å². The molecule has 3 heterocycles. The number of aliphatic hydroxyl groups is 1. The van der Waals surface area contributed by atoms with Crippen molar-refractivity contribution in [2.45, 2.75) is 143 Å². The van der Waals surface area contributed by atoms with Crippen LogP contribution in [0.4, 0.5) is 0 Å². The lowest BCUT2D eigenvalue weighted by molar-refractivity contribution is -0.156. The van der Waals surface area contributed by atoms with Gasteiger partial charge in [-0.1, -0.05) is 114 Å². The van der Waals surface area contributed by atoms with Crippen LogP contribution in [0.1, 0.15) is 153 Å². The molecule has 0 radical (unpaired) electrons. The molecule has 15 nitrogen and oxygen atoms in total. The molecular weight excluding hydrogens is 1110 g/mol. The van der Waals surface area contributed by atoms with Gasteiger partial charge in [-0.05, 0) is 129 Å². The molecule has 0 saturated carbocycles. The topological polar surface area (TPSA) is 202 Å². The van der Waals surface area contributed by atoms with Gasteiger partial charge in [0.2, 0.25) is 16.7 Å². The summed E-state index contributed by atoms with van der Waals surface area (Å²) in [5.74, 6) is -0.0958. The minimum Gasteiger partial charge on any atom is -0.460 e. The van der Waals surface area contributed by atoms with E-state index in [1.54, 1.807) is 6.07 Å². The van der Waals surface area contributed by atoms with Gasteiger partial charge in [-0.25, -0.2) is 0 Å². The van der Waals surface area contributed by atoms with Crippen LogP contribution in [0.2, 0.25) is 0 Å². The van der Waals surface area contributed by atoms with E-state index in [1.165, 1.54) is 0 Å². The summed E-state index contributed by atoms with van der Waals surface area (Å²) in [6, 6.07) is 21.6. The third-order valence-electron chi connectivity index (χ3n) is 9.79. The predicted octanol–water partition coefficient (Wildman–Crippen LogP) is 12.3. The molecule has 5 aromatic rings. The first-order valence-corrected chi connectivity index (χ1v) is 24.6. The molecular formula is C49H63ClI2N4O11. The molecule has 366 valence electrons. The largest absolute Gasteiger partial charge is 0.460 e. The van der Waals surface area contributed by atoms with E-state index in [2.05, 4.69) is 43.2 Å². The highest BCUT2D eigenvalue weighted by molar-refractivity contribution is 14.1. The quantitative estimate of drug-likeness (QED) is 0.0175. The lowest BCUT2D eigenvalue weighted by Gasteiger charge is -2.22. The number of hydrogen-bond donors (Lipinski definition) is 2. The van der Waals surface area contributed by atoms with E-state index in [0.29, 0.717) is 71.4 Å². The second-order valence-corrected chi connectivity index (χ2v) is 21.5. The van der Waals surface area contributed by atoms with Crippen molar-refractivity contribution in [1.29, 1.82) is 0 Å². The Hall–Kier alpha value is -3.89. The van der Waals surface area contributed by atoms with E-state index < -0.39 is 22.7 Å². The average molecular weight is 1170 g/mol. The van der Waals surface area contributed by atoms with Gasteiger partial charge in [0.05, 0.1) is 33.2 Å². The number of esters is 2. The number of carbonyl (C=O) groups is 2. The van der Waals surface area contributed by atoms with Gasteiger partial charge in [0.15, 0.2) is 11.5 Å². The highest BCUT2D eigenvalue weighted by Gasteiger charge is 2.32. The van der Waals surface area contributed by atoms with Gasteiger partial charge < -0.3 is 42.8 Å². The Morgan fingerprint density at radius 1 is 0.701 bits per heavy atom. The van der Waals surface area contributed by atoms with Crippen molar-refractivity contribution in [3.63, 3.8) is 0 Å². The van der Waals surface area contributed by atoms with Crippen LogP contribution in [-0.4, -0.2) is 67.3 Å². The Bertz CT molecular complexity index is 2310. The predicted molar refractivity (Wildman–Crippen MR) is 270 cm³/mol. The van der Waals surface area contributed by atoms with Gasteiger partial charge in [0, 0.05) is 31.1 Å². The van der Waals surface area contributed by atoms with Crippen molar-refractivity contribution in [2.24, 2.45) is 10.6 Å². The number of hydrogen-bond acceptors (Lipinski definition) is 15. The van der Waals surface area contributed by atoms with Crippen LogP contribution in [0.25, 0.3) is 11.5 Å². The molecule has 0 bridgehead atoms. The van der Waals surface area contributed by atoms with E-state index in [1.807, 2.05) is 146 Å². The molecule has 2 N–H and O–H groups in total. The molecule has 0 aliphatic carbocycles. The van der Waals surface area contributed by atoms with Crippen molar-refractivity contribution in [1.82, 2.24) is 15.5 Å². The van der Waals surface area contributed by atoms with E-state index in [-0.39, 0.29) is 47.5 Å². The molecule has 0 aliphatic heterocycles. The first-order chi connectivity index (χ1) is 31.6. The SMILES string of the molecule is CC(C)(C)OC(=O)C[C@H](CCCOCc1ccccc1)c1noc(-c2cc(C(O)C(C)(C)C)on2)c1I.CC(C)(C)OC(=O)C[C@H](CCCOCc1ccccc1)c1noc(/C(Cl)=N/O)c1I. The van der Waals surface area contributed by atoms with Crippen molar-refractivity contribution in [3.05, 3.63) is 108 Å². The molecule has 1 unspecified atom stereocenters. The third-order valence-corrected chi connectivity index (χ3v) is 12.1. The van der Waals surface area contributed by atoms with Crippen molar-refractivity contribution < 1.29 is 52.4 Å². The summed E-state index contributed by atoms with van der Waals surface area (Å²) in [6.45, 7) is 19.0. The van der Waals surface area contributed by atoms with E-state index in [0.717, 1.165) is 27.5 Å². The fraction of sp³-hybridized carbons (Fsp3) is 0.510. The summed E-state index contributed by atoms with van der Waals surface area (Å²) in [4.78, 5) is 25.1. The molecule has 0 amide bonds. The zero-order chi connectivity index (χ0) is 49.4. The van der Waals surface area contributed by atoms with Gasteiger partial charge >= 0.3 is 11.9 Å². The smallest absolute Gasteiger partial charge is 0.306 e. The highest BCUT2D eigenvalue weighted by Crippen LogP contribution is 2.38. The standard InChI is InChI=1S/C28H37IN2O6.C21H26ClIN2O5/c1-27(2,3)26(33)21-16-20(30-36-21)25-23(29)24(31-37-25)19(15-22(32)35-28(4,5)6)13-10-14-34-17-18-11-8-7-9-12-18;1-21(2,3)29-16(26)12-15(18-17(23)19(30-25-18)20(22)24-27)10-7-11-28-13-14-8-5-4-6-9-14/h7-9,11-12,16,19,26,33H,10,13-15,17H2,1-6H3;4-6,8-9,15,27H,7,10-13H2,1-3H3/b;24-20-/t19-,26?;15-/m00/s1. The lowest BCUT2D eigenvalue weighted by atomic mass is 9.87. The van der Waals surface area contributed by atoms with Crippen molar-refractivity contribution in [3.8, 4) is 11.5 Å². The first kappa shape index (κ1) is 55.7. The number of benzene rings is 2. The van der Waals surface area contributed by atoms with Crippen molar-refractivity contribution >= 4 is 73.9 Å². The number of nitrogens with zero attached hydrogens (tertiary/aromatic N) is 4. The molecule has 0 saturated heterocycles. The number of rotatable bonds is 21. The number of oxime groups is 1. The molecule has 0 spiro atoms. The molecule has 67 heavy (non-hydrogen) atoms. The number of aromatic nitrogens is 3. The Kier molecular flexibility index (Phi) is 21.8. The van der Waals surface area contributed by atoms with Gasteiger partial charge in [-0.2, -0.15) is 0 Å². The monoisotopic (exact) mass is 1170 g/mol. The number of aliphatic hydroxyl groups excluding tert-OH is 1. The van der Waals surface area contributed by atoms with E-state index in [9.17, 15) is 14.7 Å². The van der Waals surface area contributed by atoms with Gasteiger partial charge in [-0.3, -0.25) is 9.59 Å². The third kappa shape index (κ3) is 18.9. The summed E-state index contributed by atoms with van der Waals surface area (Å²) in [7, 11) is 0. The fourth-order valence-electron chi connectivity index (χ4n) is 6.61. The van der Waals surface area contributed by atoms with E-state index in [4.69, 9.17) is 49.3 Å². The molecule has 3 atom stereocenters. The Morgan fingerprint density at radius 2 is 1.16 bits per heavy atom. The molecule has 5 rings (SSSR count). The van der Waals surface area contributed by atoms with Crippen LogP contribution in [-0.2, 0) is 41.8 Å². The zero-order valence-corrected chi connectivity index (χ0v) is 44.7. The van der Waals surface area contributed by atoms with Crippen LogP contribution >= 0.6 is 56.8 Å². The Balaban J connectivity index is 0.000000299. The van der Waals surface area contributed by atoms with Crippen LogP contribution in [0.15, 0.2) is 85.5 Å². The molecule has 2 aromatic carbocycles. The first-order valence-electron chi connectivity index (χ1n) is 22.1. The molecule has 0 fully saturated rings. The van der Waals surface area contributed by atoms with Crippen LogP contribution < -0.4 is 0 Å². The minimum atomic E-state index is -0.815. The highest BCUT2D eigenvalue weighted by atomic mass is 127. The summed E-state index contributed by atoms with van der Waals surface area (Å²) in [6.07, 6.45) is 2.28. The molecule has 0 aliphatic rings. The summed E-state index contributed by atoms with van der Waals surface area (Å²) in [5, 5.41) is 34.7. The summed E-state index contributed by atoms with van der Waals surface area (Å²) < 4.78 is 40.3. The minimum absolute atomic E-state index is 0.145. The number of halogens is 3. The maximum absolute atomic E-state index is 12.7. The average Bonchev–Trinajstić information content (AvgIpc) is 4.00. The second kappa shape index (κ2) is 26.2. The van der Waals surface area contributed by atoms with Gasteiger partial charge in [0.1, 0.15) is 28.7 Å². The van der Waals surface area contributed by atoms with Crippen LogP contribution in [0.5, 0.6) is 0 Å². The zero-order valence-electron chi connectivity index (χ0n) is 39.6. The molecule has 18 heteroatoms. The van der Waals surface area contributed by atoms with Crippen LogP contribution in [0, 0.1) is 12.6 Å². The van der Waals surface area contributed by atoms with Crippen LogP contribution in [0.3, 0.4) is 0 Å². The second-order valence-electron chi connectivity index (χ2n) is 19.0. The molecule has 3 aromatic heterocycles. The van der Waals surface area contributed by atoms with E-state index >= 15 is 0 Å². The summed E-state index contributed by atoms with van der Waals surface area (Å²) >= 11 is 10.1. The maximum atomic E-state index is 12.7. The Labute approximate surface area is 425 Å². The number of carbonyl (C=O) groups excluding carboxylic acids is 2. The van der Waals surface area contributed by atoms with Crippen molar-refractivity contribution in [2.75, 3.05) is 13.2 Å². The maximum Gasteiger partial charge on any atom is 0.306 e. The van der Waals surface area contributed by atoms with Gasteiger partial charge in [-0.15, -0.1) is 0 Å². The normalized spacial score (nSPS) is 13.7. The number of ether oxygens (including phenoxy) is 4. The lowest BCUT2D eigenvalue weighted by Crippen LogP contribution is -2.25. The Morgan fingerprint density at radius 3 is 1.61 bits per heavy atom. The fourth-order valence-corrected chi connectivity index (χ4v) is 8.70.